The van der Waals surface area contributed by atoms with E-state index in [0.717, 1.165) is 55.5 Å². The zero-order chi connectivity index (χ0) is 19.2. The average molecular weight is 361 g/mol. The minimum Gasteiger partial charge on any atom is -0.372 e. The fourth-order valence-corrected chi connectivity index (χ4v) is 3.50. The lowest BCUT2D eigenvalue weighted by molar-refractivity contribution is -0.111. The molecule has 0 heterocycles. The van der Waals surface area contributed by atoms with Crippen LogP contribution in [-0.4, -0.2) is 24.7 Å². The molecule has 2 aromatic carbocycles. The molecule has 3 rings (SSSR count). The molecule has 140 valence electrons. The number of allylic oxidation sites excluding steroid dienone is 1. The number of nitrogens with zero attached hydrogens (tertiary/aromatic N) is 1. The third-order valence-electron chi connectivity index (χ3n) is 5.05. The molecule has 0 unspecified atom stereocenters. The second kappa shape index (κ2) is 8.81. The molecule has 0 N–H and O–H groups in total. The predicted molar refractivity (Wildman–Crippen MR) is 111 cm³/mol. The maximum atomic E-state index is 12.2. The molecule has 1 aliphatic carbocycles. The molecule has 0 radical (unpaired) electrons. The van der Waals surface area contributed by atoms with Crippen LogP contribution in [0.5, 0.6) is 0 Å². The van der Waals surface area contributed by atoms with E-state index in [9.17, 15) is 9.59 Å². The number of hydrogen-bond acceptors (Lipinski definition) is 3. The molecule has 0 atom stereocenters. The van der Waals surface area contributed by atoms with Gasteiger partial charge in [0.2, 0.25) is 11.6 Å². The van der Waals surface area contributed by atoms with Gasteiger partial charge in [-0.15, -0.1) is 0 Å². The Morgan fingerprint density at radius 1 is 0.815 bits per heavy atom. The van der Waals surface area contributed by atoms with Crippen LogP contribution >= 0.6 is 0 Å². The maximum Gasteiger partial charge on any atom is 0.233 e. The molecule has 0 amide bonds. The largest absolute Gasteiger partial charge is 0.372 e. The van der Waals surface area contributed by atoms with E-state index >= 15 is 0 Å². The number of hydrogen-bond donors (Lipinski definition) is 0. The summed E-state index contributed by atoms with van der Waals surface area (Å²) in [5, 5.41) is 0. The number of unbranched alkanes of at least 4 members (excludes halogenated alkanes) is 2. The van der Waals surface area contributed by atoms with Crippen molar-refractivity contribution in [2.45, 2.75) is 39.5 Å². The molecule has 2 aromatic rings. The quantitative estimate of drug-likeness (QED) is 0.600. The summed E-state index contributed by atoms with van der Waals surface area (Å²) in [6, 6.07) is 15.7. The van der Waals surface area contributed by atoms with E-state index in [4.69, 9.17) is 0 Å². The van der Waals surface area contributed by atoms with Crippen molar-refractivity contribution in [1.29, 1.82) is 0 Å². The Labute approximate surface area is 161 Å². The molecule has 0 aliphatic heterocycles. The van der Waals surface area contributed by atoms with Crippen molar-refractivity contribution < 1.29 is 9.59 Å². The minimum absolute atomic E-state index is 0.418. The molecule has 0 bridgehead atoms. The molecule has 0 aromatic heterocycles. The van der Waals surface area contributed by atoms with Gasteiger partial charge in [0.1, 0.15) is 0 Å². The summed E-state index contributed by atoms with van der Waals surface area (Å²) in [5.74, 6) is -0.860. The van der Waals surface area contributed by atoms with Gasteiger partial charge in [0.25, 0.3) is 0 Å². The maximum absolute atomic E-state index is 12.2. The molecule has 0 saturated carbocycles. The number of fused-ring (bicyclic) bond motifs is 1. The van der Waals surface area contributed by atoms with Gasteiger partial charge >= 0.3 is 0 Å². The Bertz CT molecular complexity index is 858. The third-order valence-corrected chi connectivity index (χ3v) is 5.05. The standard InChI is InChI=1S/C24H27NO2/c1-3-5-14-25(15-6-4-2)19-11-9-10-18(16-19)22-17-23(26)24(27)21-13-8-7-12-20(21)22/h7-13,16-17H,3-6,14-15H2,1-2H3. The van der Waals surface area contributed by atoms with Gasteiger partial charge in [-0.1, -0.05) is 63.1 Å². The number of anilines is 1. The van der Waals surface area contributed by atoms with E-state index in [2.05, 4.69) is 30.9 Å². The van der Waals surface area contributed by atoms with Crippen LogP contribution in [0.1, 0.15) is 61.0 Å². The second-order valence-corrected chi connectivity index (χ2v) is 7.04. The smallest absolute Gasteiger partial charge is 0.233 e. The monoisotopic (exact) mass is 361 g/mol. The number of carbonyl (C=O) groups is 2. The van der Waals surface area contributed by atoms with Gasteiger partial charge in [-0.05, 0) is 47.8 Å². The van der Waals surface area contributed by atoms with Gasteiger partial charge in [0, 0.05) is 24.3 Å². The molecule has 3 heteroatoms. The number of rotatable bonds is 8. The zero-order valence-corrected chi connectivity index (χ0v) is 16.2. The third kappa shape index (κ3) is 4.19. The Balaban J connectivity index is 1.98. The van der Waals surface area contributed by atoms with E-state index in [1.54, 1.807) is 12.1 Å². The highest BCUT2D eigenvalue weighted by atomic mass is 16.2. The minimum atomic E-state index is -0.442. The van der Waals surface area contributed by atoms with E-state index in [1.165, 1.54) is 11.8 Å². The van der Waals surface area contributed by atoms with Crippen molar-refractivity contribution >= 4 is 22.8 Å². The lowest BCUT2D eigenvalue weighted by Crippen LogP contribution is -2.25. The Kier molecular flexibility index (Phi) is 6.23. The van der Waals surface area contributed by atoms with Crippen molar-refractivity contribution in [3.63, 3.8) is 0 Å². The molecule has 0 saturated heterocycles. The summed E-state index contributed by atoms with van der Waals surface area (Å²) in [7, 11) is 0. The van der Waals surface area contributed by atoms with Crippen molar-refractivity contribution in [2.75, 3.05) is 18.0 Å². The van der Waals surface area contributed by atoms with Gasteiger partial charge in [-0.3, -0.25) is 9.59 Å². The predicted octanol–water partition coefficient (Wildman–Crippen LogP) is 5.29. The van der Waals surface area contributed by atoms with Crippen LogP contribution in [0, 0.1) is 0 Å². The average Bonchev–Trinajstić information content (AvgIpc) is 2.71. The molecular formula is C24H27NO2. The lowest BCUT2D eigenvalue weighted by atomic mass is 9.85. The first-order valence-electron chi connectivity index (χ1n) is 9.90. The van der Waals surface area contributed by atoms with E-state index in [-0.39, 0.29) is 0 Å². The van der Waals surface area contributed by atoms with Crippen molar-refractivity contribution in [3.8, 4) is 0 Å². The molecular weight excluding hydrogens is 334 g/mol. The molecule has 0 fully saturated rings. The first-order chi connectivity index (χ1) is 13.2. The van der Waals surface area contributed by atoms with E-state index in [1.807, 2.05) is 24.3 Å². The lowest BCUT2D eigenvalue weighted by Gasteiger charge is -2.26. The Morgan fingerprint density at radius 2 is 1.48 bits per heavy atom. The topological polar surface area (TPSA) is 37.4 Å². The molecule has 0 spiro atoms. The summed E-state index contributed by atoms with van der Waals surface area (Å²) in [5.41, 5.74) is 4.34. The number of carbonyl (C=O) groups excluding carboxylic acids is 2. The summed E-state index contributed by atoms with van der Waals surface area (Å²) < 4.78 is 0. The first kappa shape index (κ1) is 19.1. The summed E-state index contributed by atoms with van der Waals surface area (Å²) >= 11 is 0. The summed E-state index contributed by atoms with van der Waals surface area (Å²) in [6.45, 7) is 6.49. The summed E-state index contributed by atoms with van der Waals surface area (Å²) in [6.07, 6.45) is 6.14. The van der Waals surface area contributed by atoms with Crippen molar-refractivity contribution in [2.24, 2.45) is 0 Å². The van der Waals surface area contributed by atoms with Gasteiger partial charge in [-0.2, -0.15) is 0 Å². The highest BCUT2D eigenvalue weighted by Crippen LogP contribution is 2.32. The normalized spacial score (nSPS) is 13.3. The first-order valence-corrected chi connectivity index (χ1v) is 9.90. The Morgan fingerprint density at radius 3 is 2.15 bits per heavy atom. The van der Waals surface area contributed by atoms with E-state index < -0.39 is 11.6 Å². The second-order valence-electron chi connectivity index (χ2n) is 7.04. The Hall–Kier alpha value is -2.68. The fraction of sp³-hybridized carbons (Fsp3) is 0.333. The number of ketones is 2. The van der Waals surface area contributed by atoms with Gasteiger partial charge in [0.05, 0.1) is 0 Å². The number of Topliss-reactive ketones (excluding diaryl/α,β-unsaturated/α-hetero) is 1. The van der Waals surface area contributed by atoms with Crippen molar-refractivity contribution in [1.82, 2.24) is 0 Å². The molecule has 3 nitrogen and oxygen atoms in total. The van der Waals surface area contributed by atoms with Crippen LogP contribution in [-0.2, 0) is 4.79 Å². The highest BCUT2D eigenvalue weighted by Gasteiger charge is 2.26. The van der Waals surface area contributed by atoms with Crippen LogP contribution in [0.2, 0.25) is 0 Å². The zero-order valence-electron chi connectivity index (χ0n) is 16.2. The van der Waals surface area contributed by atoms with Gasteiger partial charge in [0.15, 0.2) is 0 Å². The van der Waals surface area contributed by atoms with Crippen molar-refractivity contribution in [3.05, 3.63) is 71.3 Å². The van der Waals surface area contributed by atoms with Crippen LogP contribution in [0.3, 0.4) is 0 Å². The van der Waals surface area contributed by atoms with Crippen LogP contribution in [0.25, 0.3) is 5.57 Å². The fourth-order valence-electron chi connectivity index (χ4n) is 3.50. The van der Waals surface area contributed by atoms with Crippen LogP contribution < -0.4 is 4.90 Å². The van der Waals surface area contributed by atoms with E-state index in [0.29, 0.717) is 5.56 Å². The molecule has 27 heavy (non-hydrogen) atoms. The highest BCUT2D eigenvalue weighted by molar-refractivity contribution is 6.51. The number of benzene rings is 2. The van der Waals surface area contributed by atoms with Crippen LogP contribution in [0.15, 0.2) is 54.6 Å². The van der Waals surface area contributed by atoms with Crippen LogP contribution in [0.4, 0.5) is 5.69 Å². The van der Waals surface area contributed by atoms with Gasteiger partial charge < -0.3 is 4.90 Å². The summed E-state index contributed by atoms with van der Waals surface area (Å²) in [4.78, 5) is 26.8. The van der Waals surface area contributed by atoms with Gasteiger partial charge in [-0.25, -0.2) is 0 Å². The molecule has 1 aliphatic rings. The SMILES string of the molecule is CCCCN(CCCC)c1cccc(C2=CC(=O)C(=O)c3ccccc32)c1.